The van der Waals surface area contributed by atoms with Gasteiger partial charge in [0.25, 0.3) is 0 Å². The summed E-state index contributed by atoms with van der Waals surface area (Å²) in [7, 11) is 0. The van der Waals surface area contributed by atoms with E-state index < -0.39 is 36.1 Å². The number of fused-ring (bicyclic) bond motifs is 1. The summed E-state index contributed by atoms with van der Waals surface area (Å²) < 4.78 is 47.4. The van der Waals surface area contributed by atoms with Crippen LogP contribution in [0, 0.1) is 0 Å². The van der Waals surface area contributed by atoms with Crippen LogP contribution in [-0.4, -0.2) is 35.6 Å². The van der Waals surface area contributed by atoms with Crippen LogP contribution in [0.5, 0.6) is 5.75 Å². The van der Waals surface area contributed by atoms with E-state index in [4.69, 9.17) is 16.3 Å². The predicted molar refractivity (Wildman–Crippen MR) is 99.4 cm³/mol. The zero-order chi connectivity index (χ0) is 20.0. The number of aliphatic hydroxyl groups is 1. The SMILES string of the molecule is CC1C=CC(CC(O)(CC(C)(C)c2cc(Cl)cc3c2OCC3)C(F)(F)F)N1. The molecule has 150 valence electrons. The second-order valence-corrected chi connectivity index (χ2v) is 8.72. The van der Waals surface area contributed by atoms with E-state index in [2.05, 4.69) is 5.32 Å². The van der Waals surface area contributed by atoms with Crippen molar-refractivity contribution in [3.05, 3.63) is 40.4 Å². The lowest BCUT2D eigenvalue weighted by molar-refractivity contribution is -0.270. The zero-order valence-electron chi connectivity index (χ0n) is 15.7. The van der Waals surface area contributed by atoms with Gasteiger partial charge in [0.1, 0.15) is 5.75 Å². The summed E-state index contributed by atoms with van der Waals surface area (Å²) in [6.45, 7) is 5.73. The molecule has 0 amide bonds. The van der Waals surface area contributed by atoms with Gasteiger partial charge in [-0.3, -0.25) is 0 Å². The summed E-state index contributed by atoms with van der Waals surface area (Å²) in [5.74, 6) is 0.599. The molecule has 7 heteroatoms. The van der Waals surface area contributed by atoms with Crippen molar-refractivity contribution < 1.29 is 23.0 Å². The van der Waals surface area contributed by atoms with Crippen LogP contribution in [0.3, 0.4) is 0 Å². The van der Waals surface area contributed by atoms with E-state index >= 15 is 0 Å². The van der Waals surface area contributed by atoms with E-state index in [-0.39, 0.29) is 6.04 Å². The Hall–Kier alpha value is -1.24. The fourth-order valence-electron chi connectivity index (χ4n) is 4.13. The van der Waals surface area contributed by atoms with Gasteiger partial charge < -0.3 is 15.2 Å². The van der Waals surface area contributed by atoms with Crippen molar-refractivity contribution >= 4 is 11.6 Å². The first-order valence-corrected chi connectivity index (χ1v) is 9.48. The van der Waals surface area contributed by atoms with Crippen LogP contribution in [0.25, 0.3) is 0 Å². The molecule has 0 saturated carbocycles. The fraction of sp³-hybridized carbons (Fsp3) is 0.600. The third kappa shape index (κ3) is 4.13. The van der Waals surface area contributed by atoms with Crippen molar-refractivity contribution in [2.24, 2.45) is 0 Å². The van der Waals surface area contributed by atoms with Crippen LogP contribution in [-0.2, 0) is 11.8 Å². The summed E-state index contributed by atoms with van der Waals surface area (Å²) in [6, 6.07) is 2.90. The molecule has 2 aliphatic rings. The molecule has 3 atom stereocenters. The first kappa shape index (κ1) is 20.5. The molecule has 0 bridgehead atoms. The van der Waals surface area contributed by atoms with Gasteiger partial charge in [0.05, 0.1) is 6.61 Å². The molecule has 2 N–H and O–H groups in total. The second kappa shape index (κ2) is 6.98. The first-order valence-electron chi connectivity index (χ1n) is 9.10. The lowest BCUT2D eigenvalue weighted by atomic mass is 9.72. The van der Waals surface area contributed by atoms with Crippen LogP contribution in [0.2, 0.25) is 5.02 Å². The minimum absolute atomic E-state index is 0.00917. The molecule has 0 fully saturated rings. The van der Waals surface area contributed by atoms with Crippen molar-refractivity contribution in [1.29, 1.82) is 0 Å². The molecule has 1 aromatic rings. The van der Waals surface area contributed by atoms with Crippen molar-refractivity contribution in [3.8, 4) is 5.75 Å². The second-order valence-electron chi connectivity index (χ2n) is 8.28. The van der Waals surface area contributed by atoms with Gasteiger partial charge in [-0.05, 0) is 36.5 Å². The quantitative estimate of drug-likeness (QED) is 0.709. The fourth-order valence-corrected chi connectivity index (χ4v) is 4.37. The minimum Gasteiger partial charge on any atom is -0.493 e. The average Bonchev–Trinajstić information content (AvgIpc) is 3.13. The Labute approximate surface area is 162 Å². The number of halogens is 4. The number of ether oxygens (including phenoxy) is 1. The molecular formula is C20H25ClF3NO2. The van der Waals surface area contributed by atoms with E-state index in [0.717, 1.165) is 5.56 Å². The maximum Gasteiger partial charge on any atom is 0.417 e. The van der Waals surface area contributed by atoms with Gasteiger partial charge in [0, 0.05) is 35.5 Å². The van der Waals surface area contributed by atoms with Crippen molar-refractivity contribution in [2.45, 2.75) is 69.3 Å². The zero-order valence-corrected chi connectivity index (χ0v) is 16.4. The van der Waals surface area contributed by atoms with Crippen molar-refractivity contribution in [2.75, 3.05) is 6.61 Å². The molecule has 0 radical (unpaired) electrons. The van der Waals surface area contributed by atoms with Gasteiger partial charge >= 0.3 is 6.18 Å². The van der Waals surface area contributed by atoms with Crippen LogP contribution in [0.1, 0.15) is 44.7 Å². The Kier molecular flexibility index (Phi) is 5.30. The summed E-state index contributed by atoms with van der Waals surface area (Å²) >= 11 is 6.19. The summed E-state index contributed by atoms with van der Waals surface area (Å²) in [6.07, 6.45) is -1.51. The largest absolute Gasteiger partial charge is 0.493 e. The Morgan fingerprint density at radius 1 is 1.26 bits per heavy atom. The number of alkyl halides is 3. The van der Waals surface area contributed by atoms with Gasteiger partial charge in [0.15, 0.2) is 5.60 Å². The number of rotatable bonds is 5. The van der Waals surface area contributed by atoms with Crippen LogP contribution in [0.4, 0.5) is 13.2 Å². The first-order chi connectivity index (χ1) is 12.4. The molecule has 0 saturated heterocycles. The van der Waals surface area contributed by atoms with Gasteiger partial charge in [-0.1, -0.05) is 37.6 Å². The predicted octanol–water partition coefficient (Wildman–Crippen LogP) is 4.54. The lowest BCUT2D eigenvalue weighted by Crippen LogP contribution is -2.52. The Morgan fingerprint density at radius 2 is 1.96 bits per heavy atom. The normalized spacial score (nSPS) is 24.6. The molecule has 2 aliphatic heterocycles. The Bertz CT molecular complexity index is 747. The molecule has 3 nitrogen and oxygen atoms in total. The van der Waals surface area contributed by atoms with Crippen LogP contribution >= 0.6 is 11.6 Å². The number of hydrogen-bond donors (Lipinski definition) is 2. The van der Waals surface area contributed by atoms with E-state index in [1.807, 2.05) is 13.0 Å². The van der Waals surface area contributed by atoms with E-state index in [1.54, 1.807) is 32.1 Å². The van der Waals surface area contributed by atoms with Gasteiger partial charge in [-0.2, -0.15) is 13.2 Å². The highest BCUT2D eigenvalue weighted by Gasteiger charge is 2.57. The maximum absolute atomic E-state index is 13.9. The highest BCUT2D eigenvalue weighted by molar-refractivity contribution is 6.30. The minimum atomic E-state index is -4.76. The average molecular weight is 404 g/mol. The van der Waals surface area contributed by atoms with E-state index in [0.29, 0.717) is 29.4 Å². The Morgan fingerprint density at radius 3 is 2.56 bits per heavy atom. The number of nitrogens with one attached hydrogen (secondary N) is 1. The van der Waals surface area contributed by atoms with Gasteiger partial charge in [-0.25, -0.2) is 0 Å². The number of benzene rings is 1. The smallest absolute Gasteiger partial charge is 0.417 e. The third-order valence-electron chi connectivity index (χ3n) is 5.41. The van der Waals surface area contributed by atoms with Crippen molar-refractivity contribution in [1.82, 2.24) is 5.32 Å². The lowest BCUT2D eigenvalue weighted by Gasteiger charge is -2.39. The molecule has 3 rings (SSSR count). The van der Waals surface area contributed by atoms with Crippen LogP contribution in [0.15, 0.2) is 24.3 Å². The molecule has 0 aromatic heterocycles. The summed E-state index contributed by atoms with van der Waals surface area (Å²) in [5, 5.41) is 14.2. The maximum atomic E-state index is 13.9. The van der Waals surface area contributed by atoms with Crippen LogP contribution < -0.4 is 10.1 Å². The summed E-state index contributed by atoms with van der Waals surface area (Å²) in [4.78, 5) is 0. The standard InChI is InChI=1S/C20H25ClF3NO2/c1-12-4-5-15(25-12)10-19(26,20(22,23)24)11-18(2,3)16-9-14(21)8-13-6-7-27-17(13)16/h4-5,8-9,12,15,25-26H,6-7,10-11H2,1-3H3. The molecule has 3 unspecified atom stereocenters. The van der Waals surface area contributed by atoms with E-state index in [1.165, 1.54) is 0 Å². The molecule has 2 heterocycles. The topological polar surface area (TPSA) is 41.5 Å². The molecule has 27 heavy (non-hydrogen) atoms. The van der Waals surface area contributed by atoms with Gasteiger partial charge in [0.2, 0.25) is 0 Å². The Balaban J connectivity index is 1.92. The molecular weight excluding hydrogens is 379 g/mol. The molecule has 1 aromatic carbocycles. The van der Waals surface area contributed by atoms with Crippen molar-refractivity contribution in [3.63, 3.8) is 0 Å². The van der Waals surface area contributed by atoms with Gasteiger partial charge in [-0.15, -0.1) is 0 Å². The third-order valence-corrected chi connectivity index (χ3v) is 5.62. The summed E-state index contributed by atoms with van der Waals surface area (Å²) in [5.41, 5.74) is -2.32. The highest BCUT2D eigenvalue weighted by Crippen LogP contribution is 2.48. The van der Waals surface area contributed by atoms with E-state index in [9.17, 15) is 18.3 Å². The molecule has 0 spiro atoms. The monoisotopic (exact) mass is 403 g/mol. The number of hydrogen-bond acceptors (Lipinski definition) is 3. The molecule has 0 aliphatic carbocycles. The highest BCUT2D eigenvalue weighted by atomic mass is 35.5.